The minimum absolute atomic E-state index is 0.371. The Morgan fingerprint density at radius 2 is 1.17 bits per heavy atom. The maximum Gasteiger partial charge on any atom is 0.249 e. The van der Waals surface area contributed by atoms with Gasteiger partial charge in [-0.25, -0.2) is 0 Å². The number of aliphatic hydroxyl groups is 4. The summed E-state index contributed by atoms with van der Waals surface area (Å²) in [4.78, 5) is 12.1. The Labute approximate surface area is 178 Å². The summed E-state index contributed by atoms with van der Waals surface area (Å²) < 4.78 is 0. The van der Waals surface area contributed by atoms with Crippen LogP contribution in [0.25, 0.3) is 0 Å². The lowest BCUT2D eigenvalue weighted by Gasteiger charge is -2.27. The van der Waals surface area contributed by atoms with E-state index in [4.69, 9.17) is 0 Å². The minimum Gasteiger partial charge on any atom is -0.394 e. The Morgan fingerprint density at radius 3 is 1.69 bits per heavy atom. The average Bonchev–Trinajstić information content (AvgIpc) is 2.72. The highest BCUT2D eigenvalue weighted by molar-refractivity contribution is 5.80. The Hall–Kier alpha value is -0.690. The largest absolute Gasteiger partial charge is 0.394 e. The van der Waals surface area contributed by atoms with Gasteiger partial charge in [-0.3, -0.25) is 4.79 Å². The molecule has 1 amide bonds. The van der Waals surface area contributed by atoms with Crippen molar-refractivity contribution in [3.63, 3.8) is 0 Å². The van der Waals surface area contributed by atoms with Crippen LogP contribution in [0.2, 0.25) is 0 Å². The number of rotatable bonds is 20. The molecule has 0 aliphatic heterocycles. The molecule has 0 spiro atoms. The highest BCUT2D eigenvalue weighted by Crippen LogP contribution is 2.13. The first kappa shape index (κ1) is 28.3. The quantitative estimate of drug-likeness (QED) is 0.195. The maximum absolute atomic E-state index is 12.1. The Kier molecular flexibility index (Phi) is 18.8. The summed E-state index contributed by atoms with van der Waals surface area (Å²) in [6.45, 7) is 3.79. The van der Waals surface area contributed by atoms with Crippen molar-refractivity contribution in [1.82, 2.24) is 5.32 Å². The number of nitrogens with one attached hydrogen (secondary N) is 1. The zero-order valence-electron chi connectivity index (χ0n) is 18.8. The van der Waals surface area contributed by atoms with E-state index in [9.17, 15) is 25.2 Å². The summed E-state index contributed by atoms with van der Waals surface area (Å²) in [6, 6.07) is -0.971. The van der Waals surface area contributed by atoms with Crippen molar-refractivity contribution >= 4 is 5.91 Å². The van der Waals surface area contributed by atoms with Gasteiger partial charge in [0.2, 0.25) is 5.91 Å². The van der Waals surface area contributed by atoms with Gasteiger partial charge in [0, 0.05) is 0 Å². The molecule has 0 aliphatic rings. The molecule has 0 aromatic heterocycles. The predicted octanol–water partition coefficient (Wildman–Crippen LogP) is 3.44. The number of carbonyl (C=O) groups is 1. The molecule has 0 saturated heterocycles. The van der Waals surface area contributed by atoms with Crippen molar-refractivity contribution < 1.29 is 25.2 Å². The Morgan fingerprint density at radius 1 is 0.724 bits per heavy atom. The van der Waals surface area contributed by atoms with E-state index >= 15 is 0 Å². The maximum atomic E-state index is 12.1. The number of amides is 1. The van der Waals surface area contributed by atoms with Gasteiger partial charge in [0.1, 0.15) is 12.2 Å². The van der Waals surface area contributed by atoms with Gasteiger partial charge in [0.15, 0.2) is 0 Å². The molecule has 0 bridgehead atoms. The van der Waals surface area contributed by atoms with Crippen molar-refractivity contribution in [3.05, 3.63) is 0 Å². The molecular formula is C23H47NO5. The summed E-state index contributed by atoms with van der Waals surface area (Å²) in [5, 5.41) is 42.2. The molecule has 0 aromatic carbocycles. The van der Waals surface area contributed by atoms with Gasteiger partial charge >= 0.3 is 0 Å². The van der Waals surface area contributed by atoms with Crippen LogP contribution in [0.5, 0.6) is 0 Å². The number of unbranched alkanes of at least 4 members (excludes halogenated alkanes) is 11. The number of hydrogen-bond donors (Lipinski definition) is 5. The van der Waals surface area contributed by atoms with Gasteiger partial charge in [0.05, 0.1) is 18.8 Å². The zero-order valence-corrected chi connectivity index (χ0v) is 18.8. The third-order valence-corrected chi connectivity index (χ3v) is 5.57. The van der Waals surface area contributed by atoms with Crippen molar-refractivity contribution in [3.8, 4) is 0 Å². The summed E-state index contributed by atoms with van der Waals surface area (Å²) in [6.07, 6.45) is 12.0. The molecule has 0 aromatic rings. The van der Waals surface area contributed by atoms with Crippen LogP contribution in [0.1, 0.15) is 110 Å². The van der Waals surface area contributed by atoms with Gasteiger partial charge in [-0.2, -0.15) is 0 Å². The highest BCUT2D eigenvalue weighted by atomic mass is 16.3. The van der Waals surface area contributed by atoms with Crippen LogP contribution >= 0.6 is 0 Å². The Balaban J connectivity index is 3.94. The van der Waals surface area contributed by atoms with Crippen molar-refractivity contribution in [2.45, 2.75) is 135 Å². The van der Waals surface area contributed by atoms with Crippen molar-refractivity contribution in [2.75, 3.05) is 6.61 Å². The van der Waals surface area contributed by atoms with Gasteiger partial charge < -0.3 is 25.7 Å². The monoisotopic (exact) mass is 417 g/mol. The molecule has 0 aliphatic carbocycles. The molecule has 29 heavy (non-hydrogen) atoms. The standard InChI is InChI=1S/C23H47NO5/c1-3-5-7-8-9-10-11-12-13-15-17-21(27)23(29)24-19(18-25)22(28)20(26)16-14-6-4-2/h19-22,25-28H,3-18H2,1-2H3,(H,24,29). The van der Waals surface area contributed by atoms with Gasteiger partial charge in [-0.05, 0) is 12.8 Å². The molecule has 0 fully saturated rings. The molecule has 0 saturated carbocycles. The second-order valence-corrected chi connectivity index (χ2v) is 8.34. The average molecular weight is 418 g/mol. The van der Waals surface area contributed by atoms with E-state index in [0.717, 1.165) is 38.5 Å². The predicted molar refractivity (Wildman–Crippen MR) is 118 cm³/mol. The molecule has 6 nitrogen and oxygen atoms in total. The van der Waals surface area contributed by atoms with E-state index in [1.54, 1.807) is 0 Å². The summed E-state index contributed by atoms with van der Waals surface area (Å²) in [5.41, 5.74) is 0. The summed E-state index contributed by atoms with van der Waals surface area (Å²) in [5.74, 6) is -0.597. The van der Waals surface area contributed by atoms with E-state index in [0.29, 0.717) is 12.8 Å². The van der Waals surface area contributed by atoms with E-state index in [1.165, 1.54) is 44.9 Å². The van der Waals surface area contributed by atoms with Gasteiger partial charge in [-0.15, -0.1) is 0 Å². The molecule has 4 atom stereocenters. The molecule has 5 N–H and O–H groups in total. The fourth-order valence-electron chi connectivity index (χ4n) is 3.52. The van der Waals surface area contributed by atoms with E-state index in [2.05, 4.69) is 19.2 Å². The molecule has 0 rings (SSSR count). The third-order valence-electron chi connectivity index (χ3n) is 5.57. The van der Waals surface area contributed by atoms with Gasteiger partial charge in [0.25, 0.3) is 0 Å². The molecule has 0 radical (unpaired) electrons. The van der Waals surface area contributed by atoms with Crippen LogP contribution in [-0.2, 0) is 4.79 Å². The lowest BCUT2D eigenvalue weighted by molar-refractivity contribution is -0.132. The fraction of sp³-hybridized carbons (Fsp3) is 0.957. The first-order chi connectivity index (χ1) is 14.0. The van der Waals surface area contributed by atoms with Crippen molar-refractivity contribution in [1.29, 1.82) is 0 Å². The second kappa shape index (κ2) is 19.3. The van der Waals surface area contributed by atoms with Crippen LogP contribution < -0.4 is 5.32 Å². The minimum atomic E-state index is -1.25. The van der Waals surface area contributed by atoms with E-state index in [1.807, 2.05) is 0 Å². The second-order valence-electron chi connectivity index (χ2n) is 8.34. The van der Waals surface area contributed by atoms with Crippen LogP contribution in [-0.4, -0.2) is 57.3 Å². The normalized spacial score (nSPS) is 15.7. The number of carbonyl (C=O) groups excluding carboxylic acids is 1. The lowest BCUT2D eigenvalue weighted by Crippen LogP contribution is -2.53. The summed E-state index contributed by atoms with van der Waals surface area (Å²) in [7, 11) is 0. The molecule has 6 heteroatoms. The third kappa shape index (κ3) is 14.9. The highest BCUT2D eigenvalue weighted by Gasteiger charge is 2.28. The lowest BCUT2D eigenvalue weighted by atomic mass is 10.00. The molecule has 4 unspecified atom stereocenters. The fourth-order valence-corrected chi connectivity index (χ4v) is 3.52. The molecule has 0 heterocycles. The van der Waals surface area contributed by atoms with Crippen LogP contribution in [0.15, 0.2) is 0 Å². The number of aliphatic hydroxyl groups excluding tert-OH is 4. The topological polar surface area (TPSA) is 110 Å². The van der Waals surface area contributed by atoms with Gasteiger partial charge in [-0.1, -0.05) is 97.3 Å². The summed E-state index contributed by atoms with van der Waals surface area (Å²) >= 11 is 0. The SMILES string of the molecule is CCCCCCCCCCCCC(O)C(=O)NC(CO)C(O)C(O)CCCCC. The van der Waals surface area contributed by atoms with Crippen LogP contribution in [0.4, 0.5) is 0 Å². The first-order valence-electron chi connectivity index (χ1n) is 11.9. The Bertz CT molecular complexity index is 380. The number of hydrogen-bond acceptors (Lipinski definition) is 5. The smallest absolute Gasteiger partial charge is 0.249 e. The van der Waals surface area contributed by atoms with Crippen LogP contribution in [0.3, 0.4) is 0 Å². The van der Waals surface area contributed by atoms with Crippen molar-refractivity contribution in [2.24, 2.45) is 0 Å². The first-order valence-corrected chi connectivity index (χ1v) is 11.9. The molecule has 174 valence electrons. The van der Waals surface area contributed by atoms with Crippen LogP contribution in [0, 0.1) is 0 Å². The molecular weight excluding hydrogens is 370 g/mol. The zero-order chi connectivity index (χ0) is 21.9. The van der Waals surface area contributed by atoms with E-state index < -0.39 is 36.9 Å². The van der Waals surface area contributed by atoms with E-state index in [-0.39, 0.29) is 0 Å².